The Balaban J connectivity index is 1.29. The van der Waals surface area contributed by atoms with Gasteiger partial charge in [-0.2, -0.15) is 0 Å². The molecule has 0 aliphatic carbocycles. The minimum atomic E-state index is -0.159. The standard InChI is InChI=1S/C22H15Cl2N3O2S3/c23-13-3-8-16(17(24)10-13)18-11-32-22(26-18)27-20(28)12-31-15-6-4-14(5-7-15)25-21(29)19-2-1-9-30-19/h1-11H,12H2,(H,25,29)(H,26,27,28). The van der Waals surface area contributed by atoms with Gasteiger partial charge in [-0.05, 0) is 53.9 Å². The number of anilines is 2. The first-order valence-electron chi connectivity index (χ1n) is 9.26. The number of hydrogen-bond acceptors (Lipinski definition) is 6. The number of amides is 2. The number of carbonyl (C=O) groups is 2. The summed E-state index contributed by atoms with van der Waals surface area (Å²) < 4.78 is 0. The Morgan fingerprint density at radius 2 is 1.81 bits per heavy atom. The van der Waals surface area contributed by atoms with Gasteiger partial charge in [0.05, 0.1) is 21.3 Å². The lowest BCUT2D eigenvalue weighted by Gasteiger charge is -2.06. The van der Waals surface area contributed by atoms with E-state index in [9.17, 15) is 9.59 Å². The fraction of sp³-hybridized carbons (Fsp3) is 0.0455. The number of hydrogen-bond donors (Lipinski definition) is 2. The number of aromatic nitrogens is 1. The molecule has 0 atom stereocenters. The van der Waals surface area contributed by atoms with Crippen LogP contribution in [0.3, 0.4) is 0 Å². The van der Waals surface area contributed by atoms with Crippen LogP contribution in [0.4, 0.5) is 10.8 Å². The van der Waals surface area contributed by atoms with Crippen LogP contribution in [-0.2, 0) is 4.79 Å². The Kier molecular flexibility index (Phi) is 7.49. The summed E-state index contributed by atoms with van der Waals surface area (Å²) in [7, 11) is 0. The van der Waals surface area contributed by atoms with E-state index in [2.05, 4.69) is 15.6 Å². The van der Waals surface area contributed by atoms with Crippen LogP contribution in [0.25, 0.3) is 11.3 Å². The summed E-state index contributed by atoms with van der Waals surface area (Å²) in [6.45, 7) is 0. The van der Waals surface area contributed by atoms with Gasteiger partial charge in [-0.1, -0.05) is 29.3 Å². The van der Waals surface area contributed by atoms with Gasteiger partial charge in [0.1, 0.15) is 0 Å². The van der Waals surface area contributed by atoms with Crippen LogP contribution in [0.2, 0.25) is 10.0 Å². The Morgan fingerprint density at radius 1 is 1.00 bits per heavy atom. The second-order valence-electron chi connectivity index (χ2n) is 6.45. The number of nitrogens with zero attached hydrogens (tertiary/aromatic N) is 1. The zero-order valence-electron chi connectivity index (χ0n) is 16.3. The molecule has 2 heterocycles. The van der Waals surface area contributed by atoms with Gasteiger partial charge in [0.2, 0.25) is 5.91 Å². The molecule has 4 aromatic rings. The highest BCUT2D eigenvalue weighted by Gasteiger charge is 2.12. The first-order valence-corrected chi connectivity index (χ1v) is 12.8. The van der Waals surface area contributed by atoms with E-state index in [1.165, 1.54) is 34.4 Å². The molecule has 0 fully saturated rings. The van der Waals surface area contributed by atoms with E-state index in [-0.39, 0.29) is 17.6 Å². The quantitative estimate of drug-likeness (QED) is 0.254. The first kappa shape index (κ1) is 22.8. The molecule has 2 amide bonds. The Hall–Kier alpha value is -2.36. The summed E-state index contributed by atoms with van der Waals surface area (Å²) >= 11 is 16.3. The highest BCUT2D eigenvalue weighted by molar-refractivity contribution is 8.00. The second kappa shape index (κ2) is 10.5. The minimum Gasteiger partial charge on any atom is -0.321 e. The molecule has 4 rings (SSSR count). The van der Waals surface area contributed by atoms with Crippen molar-refractivity contribution in [1.82, 2.24) is 4.98 Å². The summed E-state index contributed by atoms with van der Waals surface area (Å²) in [5, 5.41) is 10.9. The summed E-state index contributed by atoms with van der Waals surface area (Å²) in [4.78, 5) is 30.4. The second-order valence-corrected chi connectivity index (χ2v) is 10.2. The van der Waals surface area contributed by atoms with Crippen molar-refractivity contribution in [2.24, 2.45) is 0 Å². The maximum Gasteiger partial charge on any atom is 0.265 e. The van der Waals surface area contributed by atoms with Crippen LogP contribution in [0.15, 0.2) is 70.3 Å². The highest BCUT2D eigenvalue weighted by atomic mass is 35.5. The van der Waals surface area contributed by atoms with Crippen molar-refractivity contribution in [1.29, 1.82) is 0 Å². The molecule has 2 aromatic carbocycles. The van der Waals surface area contributed by atoms with Crippen LogP contribution in [0.5, 0.6) is 0 Å². The third-order valence-electron chi connectivity index (χ3n) is 4.18. The maximum atomic E-state index is 12.3. The average molecular weight is 520 g/mol. The lowest BCUT2D eigenvalue weighted by Crippen LogP contribution is -2.13. The number of carbonyl (C=O) groups excluding carboxylic acids is 2. The smallest absolute Gasteiger partial charge is 0.265 e. The number of thiophene rings is 1. The summed E-state index contributed by atoms with van der Waals surface area (Å²) in [6.07, 6.45) is 0. The monoisotopic (exact) mass is 519 g/mol. The molecule has 0 saturated heterocycles. The van der Waals surface area contributed by atoms with Crippen molar-refractivity contribution in [3.63, 3.8) is 0 Å². The van der Waals surface area contributed by atoms with Crippen LogP contribution in [0, 0.1) is 0 Å². The van der Waals surface area contributed by atoms with Crippen molar-refractivity contribution < 1.29 is 9.59 Å². The average Bonchev–Trinajstić information content (AvgIpc) is 3.46. The number of rotatable bonds is 7. The Labute approximate surface area is 206 Å². The minimum absolute atomic E-state index is 0.137. The molecule has 0 spiro atoms. The zero-order valence-corrected chi connectivity index (χ0v) is 20.3. The fourth-order valence-electron chi connectivity index (χ4n) is 2.69. The SMILES string of the molecule is O=C(CSc1ccc(NC(=O)c2cccs2)cc1)Nc1nc(-c2ccc(Cl)cc2Cl)cs1. The van der Waals surface area contributed by atoms with Gasteiger partial charge in [-0.3, -0.25) is 9.59 Å². The van der Waals surface area contributed by atoms with Gasteiger partial charge in [0.25, 0.3) is 5.91 Å². The van der Waals surface area contributed by atoms with Crippen molar-refractivity contribution in [2.75, 3.05) is 16.4 Å². The van der Waals surface area contributed by atoms with E-state index >= 15 is 0 Å². The van der Waals surface area contributed by atoms with Crippen molar-refractivity contribution >= 4 is 80.3 Å². The molecule has 162 valence electrons. The predicted octanol–water partition coefficient (Wildman–Crippen LogP) is 7.16. The van der Waals surface area contributed by atoms with E-state index in [1.807, 2.05) is 41.1 Å². The predicted molar refractivity (Wildman–Crippen MR) is 136 cm³/mol. The van der Waals surface area contributed by atoms with Gasteiger partial charge in [0.15, 0.2) is 5.13 Å². The fourth-order valence-corrected chi connectivity index (χ4v) is 5.24. The Morgan fingerprint density at radius 3 is 2.53 bits per heavy atom. The normalized spacial score (nSPS) is 10.7. The largest absolute Gasteiger partial charge is 0.321 e. The van der Waals surface area contributed by atoms with E-state index < -0.39 is 0 Å². The number of benzene rings is 2. The molecule has 0 bridgehead atoms. The van der Waals surface area contributed by atoms with E-state index in [1.54, 1.807) is 24.3 Å². The third kappa shape index (κ3) is 5.90. The van der Waals surface area contributed by atoms with Crippen molar-refractivity contribution in [2.45, 2.75) is 4.90 Å². The van der Waals surface area contributed by atoms with Gasteiger partial charge in [0, 0.05) is 26.5 Å². The molecule has 10 heteroatoms. The third-order valence-corrected chi connectivity index (χ3v) is 7.37. The number of thioether (sulfide) groups is 1. The molecular weight excluding hydrogens is 505 g/mol. The van der Waals surface area contributed by atoms with Gasteiger partial charge in [-0.25, -0.2) is 4.98 Å². The van der Waals surface area contributed by atoms with E-state index in [0.717, 1.165) is 10.5 Å². The molecule has 2 aromatic heterocycles. The van der Waals surface area contributed by atoms with Gasteiger partial charge >= 0.3 is 0 Å². The topological polar surface area (TPSA) is 71.1 Å². The lowest BCUT2D eigenvalue weighted by atomic mass is 10.2. The number of halogens is 2. The lowest BCUT2D eigenvalue weighted by molar-refractivity contribution is -0.113. The van der Waals surface area contributed by atoms with Crippen LogP contribution < -0.4 is 10.6 Å². The molecule has 5 nitrogen and oxygen atoms in total. The van der Waals surface area contributed by atoms with Crippen LogP contribution >= 0.6 is 57.6 Å². The molecule has 2 N–H and O–H groups in total. The molecule has 0 saturated carbocycles. The summed E-state index contributed by atoms with van der Waals surface area (Å²) in [5.41, 5.74) is 2.14. The van der Waals surface area contributed by atoms with E-state index in [4.69, 9.17) is 23.2 Å². The van der Waals surface area contributed by atoms with Crippen molar-refractivity contribution in [3.8, 4) is 11.3 Å². The van der Waals surface area contributed by atoms with Gasteiger partial charge in [-0.15, -0.1) is 34.4 Å². The van der Waals surface area contributed by atoms with E-state index in [0.29, 0.717) is 31.4 Å². The molecular formula is C22H15Cl2N3O2S3. The summed E-state index contributed by atoms with van der Waals surface area (Å²) in [6, 6.07) is 16.2. The zero-order chi connectivity index (χ0) is 22.5. The van der Waals surface area contributed by atoms with Crippen LogP contribution in [-0.4, -0.2) is 22.6 Å². The van der Waals surface area contributed by atoms with Gasteiger partial charge < -0.3 is 10.6 Å². The molecule has 0 aliphatic rings. The Bertz CT molecular complexity index is 1240. The first-order chi connectivity index (χ1) is 15.5. The molecule has 32 heavy (non-hydrogen) atoms. The number of thiazole rings is 1. The number of nitrogens with one attached hydrogen (secondary N) is 2. The maximum absolute atomic E-state index is 12.3. The van der Waals surface area contributed by atoms with Crippen molar-refractivity contribution in [3.05, 3.63) is 80.3 Å². The van der Waals surface area contributed by atoms with Crippen LogP contribution in [0.1, 0.15) is 9.67 Å². The highest BCUT2D eigenvalue weighted by Crippen LogP contribution is 2.32. The molecule has 0 unspecified atom stereocenters. The molecule has 0 aliphatic heterocycles. The molecule has 0 radical (unpaired) electrons. The summed E-state index contributed by atoms with van der Waals surface area (Å²) in [5.74, 6) is -0.0620.